The Hall–Kier alpha value is -1.46. The van der Waals surface area contributed by atoms with Crippen LogP contribution in [0.15, 0.2) is 24.2 Å². The van der Waals surface area contributed by atoms with Gasteiger partial charge in [0.15, 0.2) is 11.5 Å². The summed E-state index contributed by atoms with van der Waals surface area (Å²) in [5, 5.41) is 17.3. The van der Waals surface area contributed by atoms with Crippen LogP contribution in [0.2, 0.25) is 0 Å². The third-order valence-electron chi connectivity index (χ3n) is 2.03. The lowest BCUT2D eigenvalue weighted by molar-refractivity contribution is 0.171. The van der Waals surface area contributed by atoms with Crippen molar-refractivity contribution in [3.05, 3.63) is 29.7 Å². The summed E-state index contributed by atoms with van der Waals surface area (Å²) in [4.78, 5) is 0. The fourth-order valence-electron chi connectivity index (χ4n) is 1.36. The van der Waals surface area contributed by atoms with Crippen LogP contribution in [0.4, 0.5) is 0 Å². The minimum Gasteiger partial charge on any atom is -0.486 e. The Balaban J connectivity index is 2.20. The van der Waals surface area contributed by atoms with Crippen molar-refractivity contribution < 1.29 is 19.5 Å². The van der Waals surface area contributed by atoms with Gasteiger partial charge in [0, 0.05) is 0 Å². The van der Waals surface area contributed by atoms with E-state index in [0.717, 1.165) is 11.3 Å². The molecule has 1 aliphatic heterocycles. The van der Waals surface area contributed by atoms with Crippen molar-refractivity contribution in [1.29, 1.82) is 0 Å². The molecule has 0 radical (unpaired) electrons. The Morgan fingerprint density at radius 1 is 1.13 bits per heavy atom. The standard InChI is InChI=1S/C10H11BO4/c12-11(13)4-3-8-1-2-9-10(7-8)15-6-5-14-9/h1-4,7,12-13H,5-6H2/b4-3+. The van der Waals surface area contributed by atoms with E-state index in [4.69, 9.17) is 19.5 Å². The van der Waals surface area contributed by atoms with Gasteiger partial charge in [-0.15, -0.1) is 0 Å². The van der Waals surface area contributed by atoms with E-state index in [9.17, 15) is 0 Å². The molecule has 0 unspecified atom stereocenters. The van der Waals surface area contributed by atoms with Crippen LogP contribution in [-0.4, -0.2) is 30.4 Å². The lowest BCUT2D eigenvalue weighted by Gasteiger charge is -2.18. The molecular weight excluding hydrogens is 195 g/mol. The van der Waals surface area contributed by atoms with Gasteiger partial charge in [0.1, 0.15) is 13.2 Å². The Morgan fingerprint density at radius 2 is 1.87 bits per heavy atom. The minimum atomic E-state index is -1.43. The third-order valence-corrected chi connectivity index (χ3v) is 2.03. The van der Waals surface area contributed by atoms with Crippen molar-refractivity contribution in [3.63, 3.8) is 0 Å². The molecule has 0 saturated heterocycles. The van der Waals surface area contributed by atoms with Crippen molar-refractivity contribution in [2.24, 2.45) is 0 Å². The SMILES string of the molecule is OB(O)/C=C/c1ccc2c(c1)OCCO2. The molecule has 0 spiro atoms. The average molecular weight is 206 g/mol. The first kappa shape index (κ1) is 10.1. The van der Waals surface area contributed by atoms with Crippen LogP contribution >= 0.6 is 0 Å². The lowest BCUT2D eigenvalue weighted by Crippen LogP contribution is -2.15. The Morgan fingerprint density at radius 3 is 2.60 bits per heavy atom. The Kier molecular flexibility index (Phi) is 2.94. The molecule has 0 atom stereocenters. The molecule has 1 aliphatic rings. The molecule has 0 fully saturated rings. The van der Waals surface area contributed by atoms with Gasteiger partial charge >= 0.3 is 7.12 Å². The first-order valence-corrected chi connectivity index (χ1v) is 4.70. The van der Waals surface area contributed by atoms with Gasteiger partial charge in [-0.05, 0) is 17.7 Å². The maximum Gasteiger partial charge on any atom is 0.480 e. The Labute approximate surface area is 87.9 Å². The highest BCUT2D eigenvalue weighted by Crippen LogP contribution is 2.30. The van der Waals surface area contributed by atoms with Crippen molar-refractivity contribution >= 4 is 13.2 Å². The van der Waals surface area contributed by atoms with E-state index in [1.165, 1.54) is 5.98 Å². The molecule has 0 bridgehead atoms. The van der Waals surface area contributed by atoms with E-state index in [-0.39, 0.29) is 0 Å². The van der Waals surface area contributed by atoms with Crippen LogP contribution in [0.25, 0.3) is 6.08 Å². The lowest BCUT2D eigenvalue weighted by atomic mass is 9.91. The summed E-state index contributed by atoms with van der Waals surface area (Å²) in [6.07, 6.45) is 1.61. The summed E-state index contributed by atoms with van der Waals surface area (Å²) in [7, 11) is -1.43. The largest absolute Gasteiger partial charge is 0.486 e. The highest BCUT2D eigenvalue weighted by molar-refractivity contribution is 6.48. The molecule has 1 aromatic rings. The number of hydrogen-bond acceptors (Lipinski definition) is 4. The molecular formula is C10H11BO4. The van der Waals surface area contributed by atoms with Gasteiger partial charge in [-0.25, -0.2) is 0 Å². The smallest absolute Gasteiger partial charge is 0.480 e. The molecule has 0 aromatic heterocycles. The molecule has 0 aliphatic carbocycles. The van der Waals surface area contributed by atoms with Gasteiger partial charge in [0.05, 0.1) is 0 Å². The van der Waals surface area contributed by atoms with Crippen molar-refractivity contribution in [3.8, 4) is 11.5 Å². The van der Waals surface area contributed by atoms with E-state index in [0.29, 0.717) is 19.0 Å². The topological polar surface area (TPSA) is 58.9 Å². The quantitative estimate of drug-likeness (QED) is 0.691. The summed E-state index contributed by atoms with van der Waals surface area (Å²) in [6.45, 7) is 1.11. The molecule has 1 aromatic carbocycles. The van der Waals surface area contributed by atoms with E-state index >= 15 is 0 Å². The van der Waals surface area contributed by atoms with Gasteiger partial charge < -0.3 is 19.5 Å². The molecule has 15 heavy (non-hydrogen) atoms. The zero-order valence-corrected chi connectivity index (χ0v) is 8.09. The van der Waals surface area contributed by atoms with Gasteiger partial charge in [0.2, 0.25) is 0 Å². The molecule has 5 heteroatoms. The normalized spacial score (nSPS) is 14.3. The number of fused-ring (bicyclic) bond motifs is 1. The summed E-state index contributed by atoms with van der Waals surface area (Å²) in [5.74, 6) is 2.70. The average Bonchev–Trinajstić information content (AvgIpc) is 2.26. The molecule has 4 nitrogen and oxygen atoms in total. The molecule has 78 valence electrons. The number of ether oxygens (including phenoxy) is 2. The monoisotopic (exact) mass is 206 g/mol. The van der Waals surface area contributed by atoms with Gasteiger partial charge in [0.25, 0.3) is 0 Å². The highest BCUT2D eigenvalue weighted by atomic mass is 16.6. The second-order valence-corrected chi connectivity index (χ2v) is 3.18. The van der Waals surface area contributed by atoms with Gasteiger partial charge in [-0.2, -0.15) is 0 Å². The van der Waals surface area contributed by atoms with Crippen LogP contribution in [0.5, 0.6) is 11.5 Å². The van der Waals surface area contributed by atoms with E-state index in [2.05, 4.69) is 0 Å². The number of rotatable bonds is 2. The van der Waals surface area contributed by atoms with Gasteiger partial charge in [-0.1, -0.05) is 18.1 Å². The highest BCUT2D eigenvalue weighted by Gasteiger charge is 2.10. The molecule has 2 rings (SSSR count). The van der Waals surface area contributed by atoms with Crippen LogP contribution in [-0.2, 0) is 0 Å². The van der Waals surface area contributed by atoms with E-state index in [1.807, 2.05) is 6.07 Å². The first-order chi connectivity index (χ1) is 7.25. The summed E-state index contributed by atoms with van der Waals surface area (Å²) in [5.41, 5.74) is 0.840. The fraction of sp³-hybridized carbons (Fsp3) is 0.200. The minimum absolute atomic E-state index is 0.544. The first-order valence-electron chi connectivity index (χ1n) is 4.70. The van der Waals surface area contributed by atoms with Crippen molar-refractivity contribution in [1.82, 2.24) is 0 Å². The number of benzene rings is 1. The summed E-state index contributed by atoms with van der Waals surface area (Å²) < 4.78 is 10.7. The predicted octanol–water partition coefficient (Wildman–Crippen LogP) is 0.483. The van der Waals surface area contributed by atoms with Crippen LogP contribution in [0.1, 0.15) is 5.56 Å². The van der Waals surface area contributed by atoms with Crippen LogP contribution in [0.3, 0.4) is 0 Å². The third kappa shape index (κ3) is 2.52. The summed E-state index contributed by atoms with van der Waals surface area (Å²) >= 11 is 0. The summed E-state index contributed by atoms with van der Waals surface area (Å²) in [6, 6.07) is 5.43. The molecule has 0 saturated carbocycles. The van der Waals surface area contributed by atoms with E-state index in [1.54, 1.807) is 18.2 Å². The molecule has 2 N–H and O–H groups in total. The predicted molar refractivity (Wildman–Crippen MR) is 56.7 cm³/mol. The molecule has 1 heterocycles. The molecule has 0 amide bonds. The zero-order valence-electron chi connectivity index (χ0n) is 8.09. The maximum absolute atomic E-state index is 8.66. The maximum atomic E-state index is 8.66. The van der Waals surface area contributed by atoms with Crippen LogP contribution < -0.4 is 9.47 Å². The van der Waals surface area contributed by atoms with E-state index < -0.39 is 7.12 Å². The van der Waals surface area contributed by atoms with Crippen LogP contribution in [0, 0.1) is 0 Å². The number of hydrogen-bond donors (Lipinski definition) is 2. The second-order valence-electron chi connectivity index (χ2n) is 3.18. The zero-order chi connectivity index (χ0) is 10.7. The van der Waals surface area contributed by atoms with Gasteiger partial charge in [-0.3, -0.25) is 0 Å². The van der Waals surface area contributed by atoms with Crippen molar-refractivity contribution in [2.75, 3.05) is 13.2 Å². The fourth-order valence-corrected chi connectivity index (χ4v) is 1.36. The van der Waals surface area contributed by atoms with Crippen molar-refractivity contribution in [2.45, 2.75) is 0 Å². The Bertz CT molecular complexity index is 376. The second kappa shape index (κ2) is 4.38.